The molecule has 0 radical (unpaired) electrons. The summed E-state index contributed by atoms with van der Waals surface area (Å²) >= 11 is 0. The number of benzene rings is 2. The fourth-order valence-corrected chi connectivity index (χ4v) is 3.15. The maximum Gasteiger partial charge on any atom is 0.326 e. The van der Waals surface area contributed by atoms with Gasteiger partial charge in [-0.05, 0) is 41.3 Å². The number of hydrogen-bond donors (Lipinski definition) is 2. The van der Waals surface area contributed by atoms with Gasteiger partial charge in [0.25, 0.3) is 0 Å². The summed E-state index contributed by atoms with van der Waals surface area (Å²) in [5.41, 5.74) is 3.47. The number of tetrazole rings is 1. The van der Waals surface area contributed by atoms with Gasteiger partial charge in [0.05, 0.1) is 0 Å². The summed E-state index contributed by atoms with van der Waals surface area (Å²) in [7, 11) is 0. The van der Waals surface area contributed by atoms with Crippen LogP contribution in [0.4, 0.5) is 0 Å². The molecule has 0 bridgehead atoms. The fraction of sp³-hybridized carbons (Fsp3) is 0.286. The van der Waals surface area contributed by atoms with E-state index in [0.717, 1.165) is 22.3 Å². The number of carboxylic acid groups (broad SMARTS) is 1. The van der Waals surface area contributed by atoms with Gasteiger partial charge in [-0.15, -0.1) is 10.2 Å². The molecular formula is C21H23N5O3. The number of nitrogens with zero attached hydrogens (tertiary/aromatic N) is 4. The van der Waals surface area contributed by atoms with E-state index in [9.17, 15) is 14.7 Å². The van der Waals surface area contributed by atoms with Crippen molar-refractivity contribution in [3.05, 3.63) is 54.1 Å². The van der Waals surface area contributed by atoms with Crippen molar-refractivity contribution in [1.29, 1.82) is 0 Å². The largest absolute Gasteiger partial charge is 0.480 e. The van der Waals surface area contributed by atoms with E-state index in [2.05, 4.69) is 20.6 Å². The van der Waals surface area contributed by atoms with Crippen molar-refractivity contribution < 1.29 is 14.7 Å². The average Bonchev–Trinajstić information content (AvgIpc) is 3.27. The molecule has 150 valence electrons. The zero-order chi connectivity index (χ0) is 20.8. The van der Waals surface area contributed by atoms with E-state index >= 15 is 0 Å². The Morgan fingerprint density at radius 1 is 1.14 bits per heavy atom. The lowest BCUT2D eigenvalue weighted by Crippen LogP contribution is -2.42. The Kier molecular flexibility index (Phi) is 6.33. The highest BCUT2D eigenvalue weighted by Crippen LogP contribution is 2.31. The molecule has 1 atom stereocenters. The summed E-state index contributed by atoms with van der Waals surface area (Å²) in [6.45, 7) is 3.60. The maximum atomic E-state index is 12.5. The molecule has 0 aliphatic rings. The van der Waals surface area contributed by atoms with E-state index in [1.807, 2.05) is 55.5 Å². The first-order valence-electron chi connectivity index (χ1n) is 9.45. The van der Waals surface area contributed by atoms with Crippen LogP contribution in [0.5, 0.6) is 0 Å². The van der Waals surface area contributed by atoms with Crippen LogP contribution in [-0.4, -0.2) is 48.5 Å². The summed E-state index contributed by atoms with van der Waals surface area (Å²) in [5.74, 6) is -0.784. The minimum Gasteiger partial charge on any atom is -0.480 e. The Labute approximate surface area is 168 Å². The zero-order valence-electron chi connectivity index (χ0n) is 16.4. The smallest absolute Gasteiger partial charge is 0.326 e. The summed E-state index contributed by atoms with van der Waals surface area (Å²) in [4.78, 5) is 25.4. The Morgan fingerprint density at radius 3 is 2.52 bits per heavy atom. The quantitative estimate of drug-likeness (QED) is 0.608. The van der Waals surface area contributed by atoms with Crippen LogP contribution in [0.1, 0.15) is 32.3 Å². The molecule has 0 unspecified atom stereocenters. The molecule has 29 heavy (non-hydrogen) atoms. The van der Waals surface area contributed by atoms with Gasteiger partial charge >= 0.3 is 5.97 Å². The molecule has 0 spiro atoms. The number of aliphatic carboxylic acids is 1. The number of rotatable bonds is 8. The number of carbonyl (C=O) groups excluding carboxylic acids is 1. The summed E-state index contributed by atoms with van der Waals surface area (Å²) < 4.78 is 0. The average molecular weight is 393 g/mol. The number of carbonyl (C=O) groups is 2. The van der Waals surface area contributed by atoms with Crippen molar-refractivity contribution in [2.75, 3.05) is 0 Å². The predicted molar refractivity (Wildman–Crippen MR) is 108 cm³/mol. The first-order chi connectivity index (χ1) is 14.0. The van der Waals surface area contributed by atoms with Crippen molar-refractivity contribution in [3.8, 4) is 22.5 Å². The van der Waals surface area contributed by atoms with Gasteiger partial charge in [0.1, 0.15) is 6.04 Å². The normalized spacial score (nSPS) is 11.8. The van der Waals surface area contributed by atoms with Crippen LogP contribution in [-0.2, 0) is 16.1 Å². The second-order valence-corrected chi connectivity index (χ2v) is 6.77. The maximum absolute atomic E-state index is 12.5. The Hall–Kier alpha value is -3.55. The molecule has 8 nitrogen and oxygen atoms in total. The van der Waals surface area contributed by atoms with E-state index in [0.29, 0.717) is 18.7 Å². The van der Waals surface area contributed by atoms with Gasteiger partial charge in [0.15, 0.2) is 0 Å². The van der Waals surface area contributed by atoms with Gasteiger partial charge in [-0.25, -0.2) is 4.79 Å². The van der Waals surface area contributed by atoms with Crippen LogP contribution in [0.2, 0.25) is 0 Å². The minimum atomic E-state index is -1.03. The van der Waals surface area contributed by atoms with E-state index in [1.165, 1.54) is 11.8 Å². The lowest BCUT2D eigenvalue weighted by Gasteiger charge is -2.27. The molecule has 3 aromatic rings. The summed E-state index contributed by atoms with van der Waals surface area (Å²) in [5, 5.41) is 23.7. The molecule has 0 saturated heterocycles. The van der Waals surface area contributed by atoms with Crippen LogP contribution in [0.25, 0.3) is 22.5 Å². The number of carboxylic acids is 1. The van der Waals surface area contributed by atoms with Gasteiger partial charge in [-0.2, -0.15) is 5.21 Å². The van der Waals surface area contributed by atoms with Crippen molar-refractivity contribution in [1.82, 2.24) is 25.5 Å². The first kappa shape index (κ1) is 20.2. The third kappa shape index (κ3) is 4.66. The van der Waals surface area contributed by atoms with E-state index in [-0.39, 0.29) is 12.5 Å². The molecule has 1 amide bonds. The summed E-state index contributed by atoms with van der Waals surface area (Å²) in [6.07, 6.45) is 0.958. The van der Waals surface area contributed by atoms with Crippen molar-refractivity contribution in [2.45, 2.75) is 39.3 Å². The van der Waals surface area contributed by atoms with Crippen molar-refractivity contribution in [3.63, 3.8) is 0 Å². The predicted octanol–water partition coefficient (Wildman–Crippen LogP) is 3.14. The molecule has 8 heteroatoms. The number of nitrogens with one attached hydrogen (secondary N) is 1. The monoisotopic (exact) mass is 393 g/mol. The Bertz CT molecular complexity index is 973. The third-order valence-corrected chi connectivity index (χ3v) is 4.72. The van der Waals surface area contributed by atoms with Gasteiger partial charge in [-0.3, -0.25) is 4.79 Å². The van der Waals surface area contributed by atoms with Crippen molar-refractivity contribution in [2.24, 2.45) is 0 Å². The van der Waals surface area contributed by atoms with Crippen LogP contribution in [0.15, 0.2) is 48.5 Å². The van der Waals surface area contributed by atoms with E-state index < -0.39 is 12.0 Å². The van der Waals surface area contributed by atoms with E-state index in [4.69, 9.17) is 0 Å². The number of hydrogen-bond acceptors (Lipinski definition) is 5. The molecule has 0 fully saturated rings. The Morgan fingerprint density at radius 2 is 1.90 bits per heavy atom. The standard InChI is InChI=1S/C21H23N5O3/c1-3-7-19(27)26(14(2)21(28)29)13-15-10-11-17(16-8-5-4-6-9-16)18(12-15)20-22-24-25-23-20/h4-6,8-12,14H,3,7,13H2,1-2H3,(H,28,29)(H,22,23,24,25)/t14-/m0/s1. The highest BCUT2D eigenvalue weighted by atomic mass is 16.4. The van der Waals surface area contributed by atoms with Crippen LogP contribution >= 0.6 is 0 Å². The van der Waals surface area contributed by atoms with Crippen molar-refractivity contribution >= 4 is 11.9 Å². The lowest BCUT2D eigenvalue weighted by atomic mass is 9.96. The van der Waals surface area contributed by atoms with Gasteiger partial charge in [0.2, 0.25) is 11.7 Å². The summed E-state index contributed by atoms with van der Waals surface area (Å²) in [6, 6.07) is 14.6. The van der Waals surface area contributed by atoms with Gasteiger partial charge in [0, 0.05) is 18.5 Å². The fourth-order valence-electron chi connectivity index (χ4n) is 3.15. The van der Waals surface area contributed by atoms with E-state index in [1.54, 1.807) is 0 Å². The number of aromatic amines is 1. The van der Waals surface area contributed by atoms with Crippen LogP contribution in [0, 0.1) is 0 Å². The second kappa shape index (κ2) is 9.09. The zero-order valence-corrected chi connectivity index (χ0v) is 16.4. The molecular weight excluding hydrogens is 370 g/mol. The molecule has 2 aromatic carbocycles. The molecule has 0 aliphatic heterocycles. The highest BCUT2D eigenvalue weighted by Gasteiger charge is 2.25. The number of aromatic nitrogens is 4. The van der Waals surface area contributed by atoms with Gasteiger partial charge < -0.3 is 10.0 Å². The first-order valence-corrected chi connectivity index (χ1v) is 9.45. The molecule has 1 heterocycles. The lowest BCUT2D eigenvalue weighted by molar-refractivity contribution is -0.150. The van der Waals surface area contributed by atoms with Crippen LogP contribution in [0.3, 0.4) is 0 Å². The molecule has 1 aromatic heterocycles. The highest BCUT2D eigenvalue weighted by molar-refractivity contribution is 5.84. The minimum absolute atomic E-state index is 0.185. The second-order valence-electron chi connectivity index (χ2n) is 6.77. The Balaban J connectivity index is 2.00. The van der Waals surface area contributed by atoms with Crippen LogP contribution < -0.4 is 0 Å². The van der Waals surface area contributed by atoms with Gasteiger partial charge in [-0.1, -0.05) is 49.4 Å². The molecule has 3 rings (SSSR count). The topological polar surface area (TPSA) is 112 Å². The molecule has 0 saturated carbocycles. The molecule has 0 aliphatic carbocycles. The number of amides is 1. The SMILES string of the molecule is CCCC(=O)N(Cc1ccc(-c2ccccc2)c(-c2nn[nH]n2)c1)[C@@H](C)C(=O)O. The third-order valence-electron chi connectivity index (χ3n) is 4.72. The molecule has 2 N–H and O–H groups in total. The number of H-pyrrole nitrogens is 1.